The Bertz CT molecular complexity index is 377. The lowest BCUT2D eigenvalue weighted by Crippen LogP contribution is -2.37. The van der Waals surface area contributed by atoms with E-state index in [1.165, 1.54) is 0 Å². The first-order chi connectivity index (χ1) is 7.70. The van der Waals surface area contributed by atoms with Crippen LogP contribution in [-0.4, -0.2) is 40.1 Å². The molecule has 2 heterocycles. The smallest absolute Gasteiger partial charge is 0.240 e. The molecular formula is C10H16N4O2. The molecule has 16 heavy (non-hydrogen) atoms. The van der Waals surface area contributed by atoms with E-state index in [2.05, 4.69) is 15.5 Å². The summed E-state index contributed by atoms with van der Waals surface area (Å²) in [7, 11) is 0. The van der Waals surface area contributed by atoms with Crippen LogP contribution in [0.25, 0.3) is 0 Å². The van der Waals surface area contributed by atoms with Crippen LogP contribution in [0.3, 0.4) is 0 Å². The molecule has 1 unspecified atom stereocenters. The lowest BCUT2D eigenvalue weighted by molar-refractivity contribution is -0.130. The molecule has 6 nitrogen and oxygen atoms in total. The largest absolute Gasteiger partial charge is 0.340 e. The molecule has 1 atom stereocenters. The maximum absolute atomic E-state index is 11.9. The zero-order valence-electron chi connectivity index (χ0n) is 9.56. The summed E-state index contributed by atoms with van der Waals surface area (Å²) in [6.45, 7) is 5.75. The standard InChI is InChI=1S/C10H16N4O2/c1-3-11-8-4-5-14(10(8)15)6-9-12-7(2)16-13-9/h8,11H,3-6H2,1-2H3. The summed E-state index contributed by atoms with van der Waals surface area (Å²) >= 11 is 0. The van der Waals surface area contributed by atoms with Gasteiger partial charge < -0.3 is 14.7 Å². The summed E-state index contributed by atoms with van der Waals surface area (Å²) in [6.07, 6.45) is 0.851. The van der Waals surface area contributed by atoms with Crippen LogP contribution in [-0.2, 0) is 11.3 Å². The lowest BCUT2D eigenvalue weighted by Gasteiger charge is -2.14. The first kappa shape index (κ1) is 11.1. The molecule has 1 amide bonds. The van der Waals surface area contributed by atoms with Gasteiger partial charge in [0.1, 0.15) is 0 Å². The fourth-order valence-corrected chi connectivity index (χ4v) is 1.91. The van der Waals surface area contributed by atoms with Gasteiger partial charge in [-0.25, -0.2) is 0 Å². The summed E-state index contributed by atoms with van der Waals surface area (Å²) in [4.78, 5) is 17.7. The summed E-state index contributed by atoms with van der Waals surface area (Å²) in [5.74, 6) is 1.23. The highest BCUT2D eigenvalue weighted by Crippen LogP contribution is 2.13. The third-order valence-electron chi connectivity index (χ3n) is 2.65. The van der Waals surface area contributed by atoms with Crippen LogP contribution in [0.1, 0.15) is 25.1 Å². The van der Waals surface area contributed by atoms with E-state index in [9.17, 15) is 4.79 Å². The van der Waals surface area contributed by atoms with Crippen molar-refractivity contribution in [2.24, 2.45) is 0 Å². The van der Waals surface area contributed by atoms with Gasteiger partial charge in [-0.3, -0.25) is 4.79 Å². The van der Waals surface area contributed by atoms with Crippen molar-refractivity contribution in [3.8, 4) is 0 Å². The Morgan fingerprint density at radius 2 is 2.44 bits per heavy atom. The molecule has 1 fully saturated rings. The van der Waals surface area contributed by atoms with Crippen molar-refractivity contribution in [2.45, 2.75) is 32.9 Å². The van der Waals surface area contributed by atoms with Crippen LogP contribution in [0.5, 0.6) is 0 Å². The Hall–Kier alpha value is -1.43. The van der Waals surface area contributed by atoms with Gasteiger partial charge in [0.15, 0.2) is 5.82 Å². The van der Waals surface area contributed by atoms with E-state index in [4.69, 9.17) is 4.52 Å². The molecule has 0 aromatic carbocycles. The van der Waals surface area contributed by atoms with E-state index in [1.54, 1.807) is 11.8 Å². The van der Waals surface area contributed by atoms with Crippen molar-refractivity contribution in [3.05, 3.63) is 11.7 Å². The van der Waals surface area contributed by atoms with Gasteiger partial charge in [0.05, 0.1) is 12.6 Å². The highest BCUT2D eigenvalue weighted by molar-refractivity contribution is 5.83. The molecule has 1 N–H and O–H groups in total. The van der Waals surface area contributed by atoms with Gasteiger partial charge >= 0.3 is 0 Å². The molecule has 1 aromatic heterocycles. The Labute approximate surface area is 94.0 Å². The second-order valence-electron chi connectivity index (χ2n) is 3.89. The summed E-state index contributed by atoms with van der Waals surface area (Å²) in [5.41, 5.74) is 0. The maximum Gasteiger partial charge on any atom is 0.240 e. The van der Waals surface area contributed by atoms with E-state index in [-0.39, 0.29) is 11.9 Å². The molecule has 2 rings (SSSR count). The zero-order valence-corrected chi connectivity index (χ0v) is 9.56. The molecule has 1 aliphatic heterocycles. The molecule has 6 heteroatoms. The zero-order chi connectivity index (χ0) is 11.5. The minimum absolute atomic E-state index is 0.0435. The predicted octanol–water partition coefficient (Wildman–Crippen LogP) is 0.0884. The van der Waals surface area contributed by atoms with Gasteiger partial charge in [0, 0.05) is 13.5 Å². The fourth-order valence-electron chi connectivity index (χ4n) is 1.91. The van der Waals surface area contributed by atoms with Crippen molar-refractivity contribution >= 4 is 5.91 Å². The van der Waals surface area contributed by atoms with Crippen molar-refractivity contribution in [1.82, 2.24) is 20.4 Å². The third kappa shape index (κ3) is 2.21. The number of likely N-dealkylation sites (N-methyl/N-ethyl adjacent to an activating group) is 1. The molecule has 1 saturated heterocycles. The number of amides is 1. The van der Waals surface area contributed by atoms with E-state index in [0.29, 0.717) is 18.3 Å². The number of likely N-dealkylation sites (tertiary alicyclic amines) is 1. The molecule has 88 valence electrons. The van der Waals surface area contributed by atoms with Gasteiger partial charge in [-0.1, -0.05) is 12.1 Å². The summed E-state index contributed by atoms with van der Waals surface area (Å²) in [6, 6.07) is -0.0435. The van der Waals surface area contributed by atoms with Crippen molar-refractivity contribution in [1.29, 1.82) is 0 Å². The molecule has 0 bridgehead atoms. The number of aryl methyl sites for hydroxylation is 1. The van der Waals surface area contributed by atoms with E-state index in [0.717, 1.165) is 19.5 Å². The molecule has 0 radical (unpaired) electrons. The van der Waals surface area contributed by atoms with Gasteiger partial charge in [-0.05, 0) is 13.0 Å². The molecular weight excluding hydrogens is 208 g/mol. The fraction of sp³-hybridized carbons (Fsp3) is 0.700. The van der Waals surface area contributed by atoms with E-state index >= 15 is 0 Å². The summed E-state index contributed by atoms with van der Waals surface area (Å²) in [5, 5.41) is 6.94. The molecule has 1 aromatic rings. The van der Waals surface area contributed by atoms with E-state index in [1.807, 2.05) is 6.92 Å². The monoisotopic (exact) mass is 224 g/mol. The number of carbonyl (C=O) groups is 1. The number of rotatable bonds is 4. The van der Waals surface area contributed by atoms with Crippen molar-refractivity contribution in [3.63, 3.8) is 0 Å². The Morgan fingerprint density at radius 3 is 3.06 bits per heavy atom. The van der Waals surface area contributed by atoms with Crippen molar-refractivity contribution < 1.29 is 9.32 Å². The minimum Gasteiger partial charge on any atom is -0.340 e. The molecule has 0 aliphatic carbocycles. The van der Waals surface area contributed by atoms with Gasteiger partial charge in [0.2, 0.25) is 11.8 Å². The van der Waals surface area contributed by atoms with Gasteiger partial charge in [-0.2, -0.15) is 4.98 Å². The second kappa shape index (κ2) is 4.61. The normalized spacial score (nSPS) is 20.8. The second-order valence-corrected chi connectivity index (χ2v) is 3.89. The highest BCUT2D eigenvalue weighted by Gasteiger charge is 2.31. The quantitative estimate of drug-likeness (QED) is 0.784. The van der Waals surface area contributed by atoms with Crippen LogP contribution in [0, 0.1) is 6.92 Å². The molecule has 0 spiro atoms. The SMILES string of the molecule is CCNC1CCN(Cc2noc(C)n2)C1=O. The highest BCUT2D eigenvalue weighted by atomic mass is 16.5. The van der Waals surface area contributed by atoms with Crippen molar-refractivity contribution in [2.75, 3.05) is 13.1 Å². The molecule has 0 saturated carbocycles. The van der Waals surface area contributed by atoms with Crippen LogP contribution in [0.4, 0.5) is 0 Å². The predicted molar refractivity (Wildman–Crippen MR) is 56.5 cm³/mol. The number of nitrogens with zero attached hydrogens (tertiary/aromatic N) is 3. The number of aromatic nitrogens is 2. The number of hydrogen-bond donors (Lipinski definition) is 1. The topological polar surface area (TPSA) is 71.3 Å². The minimum atomic E-state index is -0.0435. The van der Waals surface area contributed by atoms with Crippen LogP contribution in [0.15, 0.2) is 4.52 Å². The Morgan fingerprint density at radius 1 is 1.62 bits per heavy atom. The number of hydrogen-bond acceptors (Lipinski definition) is 5. The van der Waals surface area contributed by atoms with Gasteiger partial charge in [-0.15, -0.1) is 0 Å². The first-order valence-corrected chi connectivity index (χ1v) is 5.52. The number of nitrogens with one attached hydrogen (secondary N) is 1. The first-order valence-electron chi connectivity index (χ1n) is 5.52. The van der Waals surface area contributed by atoms with Crippen LogP contribution < -0.4 is 5.32 Å². The maximum atomic E-state index is 11.9. The average molecular weight is 224 g/mol. The average Bonchev–Trinajstić information content (AvgIpc) is 2.80. The van der Waals surface area contributed by atoms with Crippen LogP contribution >= 0.6 is 0 Å². The van der Waals surface area contributed by atoms with E-state index < -0.39 is 0 Å². The Kier molecular flexibility index (Phi) is 3.19. The molecule has 1 aliphatic rings. The van der Waals surface area contributed by atoms with Gasteiger partial charge in [0.25, 0.3) is 0 Å². The van der Waals surface area contributed by atoms with Crippen LogP contribution in [0.2, 0.25) is 0 Å². The third-order valence-corrected chi connectivity index (χ3v) is 2.65. The number of carbonyl (C=O) groups excluding carboxylic acids is 1. The lowest BCUT2D eigenvalue weighted by atomic mass is 10.2. The summed E-state index contributed by atoms with van der Waals surface area (Å²) < 4.78 is 4.87. The Balaban J connectivity index is 1.94.